The molecule has 1 aromatic carbocycles. The Hall–Kier alpha value is -3.66. The van der Waals surface area contributed by atoms with Crippen molar-refractivity contribution in [3.05, 3.63) is 66.4 Å². The Labute approximate surface area is 171 Å². The van der Waals surface area contributed by atoms with E-state index >= 15 is 0 Å². The molecule has 0 bridgehead atoms. The predicted molar refractivity (Wildman–Crippen MR) is 109 cm³/mol. The number of sulfone groups is 1. The van der Waals surface area contributed by atoms with E-state index in [0.29, 0.717) is 16.9 Å². The minimum atomic E-state index is -3.56. The number of nitrogens with zero attached hydrogens (tertiary/aromatic N) is 3. The summed E-state index contributed by atoms with van der Waals surface area (Å²) in [6.45, 7) is 1.52. The van der Waals surface area contributed by atoms with Gasteiger partial charge in [0.25, 0.3) is 5.91 Å². The van der Waals surface area contributed by atoms with Crippen LogP contribution >= 0.6 is 0 Å². The standard InChI is InChI=1S/C20H16FN5O3S/c1-2-30(28,29)16-7-8-22-11-15(16)24-20(27)14-6-9-23-19-17(14)25-18(26-19)12-4-3-5-13(21)10-12/h3-11H,2H2,1H3,(H,24,27)(H,23,25,26). The lowest BCUT2D eigenvalue weighted by Gasteiger charge is -2.10. The van der Waals surface area contributed by atoms with Gasteiger partial charge in [-0.05, 0) is 24.3 Å². The number of imidazole rings is 1. The molecule has 0 saturated heterocycles. The number of rotatable bonds is 5. The number of anilines is 1. The van der Waals surface area contributed by atoms with Crippen LogP contribution in [0.5, 0.6) is 0 Å². The molecule has 0 aliphatic heterocycles. The van der Waals surface area contributed by atoms with Crippen LogP contribution in [0.3, 0.4) is 0 Å². The van der Waals surface area contributed by atoms with Gasteiger partial charge in [0.05, 0.1) is 33.6 Å². The van der Waals surface area contributed by atoms with Gasteiger partial charge in [-0.25, -0.2) is 22.8 Å². The number of benzene rings is 1. The van der Waals surface area contributed by atoms with Crippen LogP contribution in [0.25, 0.3) is 22.6 Å². The summed E-state index contributed by atoms with van der Waals surface area (Å²) in [5.41, 5.74) is 1.41. The molecule has 2 N–H and O–H groups in total. The van der Waals surface area contributed by atoms with Crippen molar-refractivity contribution in [1.29, 1.82) is 0 Å². The van der Waals surface area contributed by atoms with Gasteiger partial charge in [-0.15, -0.1) is 0 Å². The van der Waals surface area contributed by atoms with E-state index in [-0.39, 0.29) is 27.5 Å². The van der Waals surface area contributed by atoms with Gasteiger partial charge in [0.1, 0.15) is 11.6 Å². The molecule has 0 atom stereocenters. The second-order valence-corrected chi connectivity index (χ2v) is 8.63. The number of nitrogens with one attached hydrogen (secondary N) is 2. The molecule has 3 heterocycles. The lowest BCUT2D eigenvalue weighted by atomic mass is 10.2. The van der Waals surface area contributed by atoms with Crippen LogP contribution in [0.1, 0.15) is 17.3 Å². The van der Waals surface area contributed by atoms with Gasteiger partial charge in [-0.2, -0.15) is 0 Å². The largest absolute Gasteiger partial charge is 0.336 e. The van der Waals surface area contributed by atoms with Crippen molar-refractivity contribution in [2.24, 2.45) is 0 Å². The molecular weight excluding hydrogens is 409 g/mol. The lowest BCUT2D eigenvalue weighted by Crippen LogP contribution is -2.16. The molecule has 0 aliphatic carbocycles. The van der Waals surface area contributed by atoms with Crippen molar-refractivity contribution >= 4 is 32.6 Å². The highest BCUT2D eigenvalue weighted by Crippen LogP contribution is 2.25. The third-order valence-corrected chi connectivity index (χ3v) is 6.27. The van der Waals surface area contributed by atoms with Crippen molar-refractivity contribution < 1.29 is 17.6 Å². The molecule has 0 fully saturated rings. The fourth-order valence-electron chi connectivity index (χ4n) is 2.96. The van der Waals surface area contributed by atoms with Crippen LogP contribution < -0.4 is 5.32 Å². The van der Waals surface area contributed by atoms with Crippen LogP contribution in [-0.2, 0) is 9.84 Å². The molecule has 30 heavy (non-hydrogen) atoms. The van der Waals surface area contributed by atoms with Gasteiger partial charge in [-0.1, -0.05) is 19.1 Å². The first-order valence-corrected chi connectivity index (χ1v) is 10.6. The molecule has 0 radical (unpaired) electrons. The SMILES string of the molecule is CCS(=O)(=O)c1ccncc1NC(=O)c1ccnc2nc(-c3cccc(F)c3)[nH]c12. The normalized spacial score (nSPS) is 11.5. The maximum atomic E-state index is 13.5. The molecule has 4 rings (SSSR count). The Morgan fingerprint density at radius 2 is 2.03 bits per heavy atom. The summed E-state index contributed by atoms with van der Waals surface area (Å²) >= 11 is 0. The number of halogens is 1. The molecule has 0 saturated carbocycles. The van der Waals surface area contributed by atoms with Crippen LogP contribution in [-0.4, -0.2) is 40.0 Å². The first-order valence-electron chi connectivity index (χ1n) is 8.98. The molecule has 8 nitrogen and oxygen atoms in total. The van der Waals surface area contributed by atoms with Crippen LogP contribution in [0.15, 0.2) is 59.9 Å². The van der Waals surface area contributed by atoms with Crippen molar-refractivity contribution in [3.8, 4) is 11.4 Å². The summed E-state index contributed by atoms with van der Waals surface area (Å²) in [6, 6.07) is 8.69. The number of aromatic nitrogens is 4. The Bertz CT molecular complexity index is 1370. The molecule has 4 aromatic rings. The van der Waals surface area contributed by atoms with E-state index in [1.807, 2.05) is 0 Å². The maximum absolute atomic E-state index is 13.5. The van der Waals surface area contributed by atoms with Gasteiger partial charge >= 0.3 is 0 Å². The lowest BCUT2D eigenvalue weighted by molar-refractivity contribution is 0.102. The Kier molecular flexibility index (Phi) is 5.00. The Morgan fingerprint density at radius 1 is 1.20 bits per heavy atom. The van der Waals surface area contributed by atoms with Gasteiger partial charge in [0.15, 0.2) is 15.5 Å². The smallest absolute Gasteiger partial charge is 0.258 e. The molecule has 0 aliphatic rings. The van der Waals surface area contributed by atoms with Gasteiger partial charge < -0.3 is 10.3 Å². The quantitative estimate of drug-likeness (QED) is 0.507. The number of carbonyl (C=O) groups excluding carboxylic acids is 1. The number of fused-ring (bicyclic) bond motifs is 1. The molecular formula is C20H16FN5O3S. The minimum absolute atomic E-state index is 0.0105. The number of hydrogen-bond donors (Lipinski definition) is 2. The average molecular weight is 425 g/mol. The van der Waals surface area contributed by atoms with Crippen molar-refractivity contribution in [3.63, 3.8) is 0 Å². The number of carbonyl (C=O) groups is 1. The fraction of sp³-hybridized carbons (Fsp3) is 0.100. The molecule has 0 unspecified atom stereocenters. The summed E-state index contributed by atoms with van der Waals surface area (Å²) in [5.74, 6) is -0.734. The third-order valence-electron chi connectivity index (χ3n) is 4.48. The maximum Gasteiger partial charge on any atom is 0.258 e. The first-order chi connectivity index (χ1) is 14.4. The van der Waals surface area contributed by atoms with Crippen molar-refractivity contribution in [2.75, 3.05) is 11.1 Å². The van der Waals surface area contributed by atoms with Crippen LogP contribution in [0, 0.1) is 5.82 Å². The highest BCUT2D eigenvalue weighted by molar-refractivity contribution is 7.91. The van der Waals surface area contributed by atoms with Crippen LogP contribution in [0.2, 0.25) is 0 Å². The molecule has 0 spiro atoms. The number of amides is 1. The second-order valence-electron chi connectivity index (χ2n) is 6.38. The number of H-pyrrole nitrogens is 1. The van der Waals surface area contributed by atoms with Crippen LogP contribution in [0.4, 0.5) is 10.1 Å². The van der Waals surface area contributed by atoms with E-state index in [4.69, 9.17) is 0 Å². The summed E-state index contributed by atoms with van der Waals surface area (Å²) in [7, 11) is -3.56. The Balaban J connectivity index is 1.73. The number of pyridine rings is 2. The van der Waals surface area contributed by atoms with E-state index in [1.54, 1.807) is 12.1 Å². The van der Waals surface area contributed by atoms with Gasteiger partial charge in [0.2, 0.25) is 0 Å². The van der Waals surface area contributed by atoms with E-state index in [0.717, 1.165) is 0 Å². The van der Waals surface area contributed by atoms with Gasteiger partial charge in [0, 0.05) is 18.0 Å². The zero-order chi connectivity index (χ0) is 21.3. The van der Waals surface area contributed by atoms with Crippen molar-refractivity contribution in [1.82, 2.24) is 19.9 Å². The monoisotopic (exact) mass is 425 g/mol. The summed E-state index contributed by atoms with van der Waals surface area (Å²) in [6.07, 6.45) is 4.05. The molecule has 152 valence electrons. The molecule has 10 heteroatoms. The molecule has 1 amide bonds. The van der Waals surface area contributed by atoms with E-state index in [9.17, 15) is 17.6 Å². The average Bonchev–Trinajstić information content (AvgIpc) is 3.18. The number of aromatic amines is 1. The summed E-state index contributed by atoms with van der Waals surface area (Å²) < 4.78 is 38.2. The molecule has 3 aromatic heterocycles. The first kappa shape index (κ1) is 19.6. The zero-order valence-corrected chi connectivity index (χ0v) is 16.6. The van der Waals surface area contributed by atoms with Crippen molar-refractivity contribution in [2.45, 2.75) is 11.8 Å². The van der Waals surface area contributed by atoms with E-state index < -0.39 is 21.6 Å². The highest BCUT2D eigenvalue weighted by atomic mass is 32.2. The second kappa shape index (κ2) is 7.64. The summed E-state index contributed by atoms with van der Waals surface area (Å²) in [4.78, 5) is 28.3. The predicted octanol–water partition coefficient (Wildman–Crippen LogP) is 3.20. The van der Waals surface area contributed by atoms with E-state index in [2.05, 4.69) is 25.3 Å². The van der Waals surface area contributed by atoms with E-state index in [1.165, 1.54) is 49.8 Å². The highest BCUT2D eigenvalue weighted by Gasteiger charge is 2.20. The number of hydrogen-bond acceptors (Lipinski definition) is 6. The minimum Gasteiger partial charge on any atom is -0.336 e. The summed E-state index contributed by atoms with van der Waals surface area (Å²) in [5, 5.41) is 2.60. The topological polar surface area (TPSA) is 118 Å². The fourth-order valence-corrected chi connectivity index (χ4v) is 3.98. The zero-order valence-electron chi connectivity index (χ0n) is 15.8. The van der Waals surface area contributed by atoms with Gasteiger partial charge in [-0.3, -0.25) is 9.78 Å². The third kappa shape index (κ3) is 3.64. The Morgan fingerprint density at radius 3 is 2.80 bits per heavy atom.